The third-order valence-electron chi connectivity index (χ3n) is 4.18. The van der Waals surface area contributed by atoms with Crippen LogP contribution in [-0.2, 0) is 16.9 Å². The van der Waals surface area contributed by atoms with Gasteiger partial charge in [-0.3, -0.25) is 4.98 Å². The molecule has 7 heteroatoms. The molecule has 0 saturated heterocycles. The minimum Gasteiger partial charge on any atom is -0.327 e. The van der Waals surface area contributed by atoms with E-state index in [0.29, 0.717) is 16.3 Å². The minimum atomic E-state index is -3.30. The average Bonchev–Trinajstić information content (AvgIpc) is 3.06. The molecule has 0 aliphatic carbocycles. The van der Waals surface area contributed by atoms with E-state index in [4.69, 9.17) is 0 Å². The zero-order valence-corrected chi connectivity index (χ0v) is 16.4. The molecule has 0 spiro atoms. The van der Waals surface area contributed by atoms with E-state index in [-0.39, 0.29) is 0 Å². The Balaban J connectivity index is 1.95. The van der Waals surface area contributed by atoms with Gasteiger partial charge in [0.05, 0.1) is 40.3 Å². The van der Waals surface area contributed by atoms with Crippen molar-refractivity contribution in [2.24, 2.45) is 7.05 Å². The van der Waals surface area contributed by atoms with Gasteiger partial charge in [0.25, 0.3) is 0 Å². The molecule has 0 fully saturated rings. The van der Waals surface area contributed by atoms with Crippen LogP contribution in [0.5, 0.6) is 0 Å². The highest BCUT2D eigenvalue weighted by Gasteiger charge is 2.19. The van der Waals surface area contributed by atoms with Crippen molar-refractivity contribution < 1.29 is 8.42 Å². The van der Waals surface area contributed by atoms with Crippen molar-refractivity contribution in [3.8, 4) is 23.1 Å². The van der Waals surface area contributed by atoms with Crippen molar-refractivity contribution in [3.05, 3.63) is 60.1 Å². The van der Waals surface area contributed by atoms with E-state index in [2.05, 4.69) is 26.8 Å². The first kappa shape index (κ1) is 18.8. The number of nitrogens with zero attached hydrogens (tertiary/aromatic N) is 4. The number of benzene rings is 1. The maximum absolute atomic E-state index is 12.3. The van der Waals surface area contributed by atoms with Gasteiger partial charge in [-0.15, -0.1) is 0 Å². The topological polar surface area (TPSA) is 77.7 Å². The summed E-state index contributed by atoms with van der Waals surface area (Å²) >= 11 is 0. The summed E-state index contributed by atoms with van der Waals surface area (Å²) < 4.78 is 26.3. The molecule has 6 nitrogen and oxygen atoms in total. The van der Waals surface area contributed by atoms with E-state index >= 15 is 0 Å². The van der Waals surface area contributed by atoms with Crippen molar-refractivity contribution in [1.29, 1.82) is 0 Å². The van der Waals surface area contributed by atoms with Gasteiger partial charge < -0.3 is 4.57 Å². The van der Waals surface area contributed by atoms with Crippen molar-refractivity contribution in [2.75, 3.05) is 0 Å². The largest absolute Gasteiger partial charge is 0.327 e. The number of aromatic nitrogens is 4. The molecule has 0 unspecified atom stereocenters. The number of hydrogen-bond acceptors (Lipinski definition) is 5. The summed E-state index contributed by atoms with van der Waals surface area (Å²) in [6, 6.07) is 6.69. The quantitative estimate of drug-likeness (QED) is 0.653. The van der Waals surface area contributed by atoms with Crippen LogP contribution in [0.4, 0.5) is 0 Å². The highest BCUT2D eigenvalue weighted by molar-refractivity contribution is 7.92. The van der Waals surface area contributed by atoms with Gasteiger partial charge in [-0.2, -0.15) is 0 Å². The van der Waals surface area contributed by atoms with E-state index in [9.17, 15) is 8.42 Å². The second-order valence-corrected chi connectivity index (χ2v) is 8.95. The predicted molar refractivity (Wildman–Crippen MR) is 104 cm³/mol. The van der Waals surface area contributed by atoms with Crippen molar-refractivity contribution in [3.63, 3.8) is 0 Å². The van der Waals surface area contributed by atoms with Crippen LogP contribution < -0.4 is 0 Å². The molecular formula is C20H20N4O2S. The molecule has 3 rings (SSSR count). The normalized spacial score (nSPS) is 11.3. The first-order chi connectivity index (χ1) is 12.8. The molecule has 3 aromatic rings. The van der Waals surface area contributed by atoms with Crippen LogP contribution in [0, 0.1) is 18.8 Å². The summed E-state index contributed by atoms with van der Waals surface area (Å²) in [7, 11) is -1.42. The standard InChI is InChI=1S/C20H20N4O2S/c1-14(2)27(25,26)18-8-5-16(6-9-18)20-12-22-15(3)19(23-20)10-7-17-11-21-13-24(17)4/h5-6,8-9,11-14H,1-4H3. The maximum Gasteiger partial charge on any atom is 0.180 e. The predicted octanol–water partition coefficient (Wildman–Crippen LogP) is 2.77. The van der Waals surface area contributed by atoms with Gasteiger partial charge in [0, 0.05) is 12.6 Å². The lowest BCUT2D eigenvalue weighted by Crippen LogP contribution is -2.13. The number of hydrogen-bond donors (Lipinski definition) is 0. The van der Waals surface area contributed by atoms with Crippen LogP contribution in [0.2, 0.25) is 0 Å². The fourth-order valence-electron chi connectivity index (χ4n) is 2.40. The summed E-state index contributed by atoms with van der Waals surface area (Å²) in [5, 5.41) is -0.462. The van der Waals surface area contributed by atoms with Crippen molar-refractivity contribution in [2.45, 2.75) is 30.9 Å². The molecule has 0 saturated carbocycles. The molecule has 1 aromatic carbocycles. The Bertz CT molecular complexity index is 1130. The molecule has 0 atom stereocenters. The smallest absolute Gasteiger partial charge is 0.180 e. The Morgan fingerprint density at radius 1 is 1.07 bits per heavy atom. The third kappa shape index (κ3) is 3.91. The van der Waals surface area contributed by atoms with Crippen LogP contribution >= 0.6 is 0 Å². The van der Waals surface area contributed by atoms with E-state index in [1.807, 2.05) is 18.5 Å². The first-order valence-electron chi connectivity index (χ1n) is 8.45. The number of aryl methyl sites for hydroxylation is 2. The van der Waals surface area contributed by atoms with E-state index in [1.165, 1.54) is 0 Å². The van der Waals surface area contributed by atoms with Crippen molar-refractivity contribution >= 4 is 9.84 Å². The number of rotatable bonds is 3. The zero-order valence-electron chi connectivity index (χ0n) is 15.6. The van der Waals surface area contributed by atoms with E-state index < -0.39 is 15.1 Å². The summed E-state index contributed by atoms with van der Waals surface area (Å²) in [5.41, 5.74) is 3.52. The molecule has 27 heavy (non-hydrogen) atoms. The van der Waals surface area contributed by atoms with Crippen LogP contribution in [0.3, 0.4) is 0 Å². The lowest BCUT2D eigenvalue weighted by atomic mass is 10.1. The summed E-state index contributed by atoms with van der Waals surface area (Å²) in [6.07, 6.45) is 5.04. The molecule has 0 bridgehead atoms. The SMILES string of the molecule is Cc1ncc(-c2ccc(S(=O)(=O)C(C)C)cc2)nc1C#Cc1cncn1C. The monoisotopic (exact) mass is 380 g/mol. The van der Waals surface area contributed by atoms with E-state index in [0.717, 1.165) is 17.0 Å². The Morgan fingerprint density at radius 3 is 2.37 bits per heavy atom. The average molecular weight is 380 g/mol. The molecule has 2 heterocycles. The van der Waals surface area contributed by atoms with Crippen LogP contribution in [0.25, 0.3) is 11.3 Å². The molecule has 138 valence electrons. The number of sulfone groups is 1. The molecule has 0 amide bonds. The van der Waals surface area contributed by atoms with Gasteiger partial charge >= 0.3 is 0 Å². The molecular weight excluding hydrogens is 360 g/mol. The van der Waals surface area contributed by atoms with Crippen LogP contribution in [0.15, 0.2) is 47.9 Å². The Hall–Kier alpha value is -2.98. The van der Waals surface area contributed by atoms with Crippen LogP contribution in [0.1, 0.15) is 30.9 Å². The van der Waals surface area contributed by atoms with Crippen LogP contribution in [-0.4, -0.2) is 33.2 Å². The highest BCUT2D eigenvalue weighted by atomic mass is 32.2. The van der Waals surface area contributed by atoms with Gasteiger partial charge in [-0.05, 0) is 44.7 Å². The van der Waals surface area contributed by atoms with Crippen molar-refractivity contribution in [1.82, 2.24) is 19.5 Å². The van der Waals surface area contributed by atoms with E-state index in [1.54, 1.807) is 56.8 Å². The molecule has 0 N–H and O–H groups in total. The molecule has 0 radical (unpaired) electrons. The fraction of sp³-hybridized carbons (Fsp3) is 0.250. The fourth-order valence-corrected chi connectivity index (χ4v) is 3.46. The lowest BCUT2D eigenvalue weighted by molar-refractivity contribution is 0.587. The summed E-state index contributed by atoms with van der Waals surface area (Å²) in [5.74, 6) is 6.08. The molecule has 2 aromatic heterocycles. The summed E-state index contributed by atoms with van der Waals surface area (Å²) in [4.78, 5) is 13.3. The Kier molecular flexibility index (Phi) is 5.10. The maximum atomic E-state index is 12.3. The van der Waals surface area contributed by atoms with Gasteiger partial charge in [-0.25, -0.2) is 18.4 Å². The molecule has 0 aliphatic rings. The van der Waals surface area contributed by atoms with Gasteiger partial charge in [0.2, 0.25) is 0 Å². The lowest BCUT2D eigenvalue weighted by Gasteiger charge is -2.09. The van der Waals surface area contributed by atoms with Gasteiger partial charge in [0.15, 0.2) is 9.84 Å². The second-order valence-electron chi connectivity index (χ2n) is 6.45. The molecule has 0 aliphatic heterocycles. The third-order valence-corrected chi connectivity index (χ3v) is 6.35. The number of imidazole rings is 1. The Morgan fingerprint density at radius 2 is 1.78 bits per heavy atom. The minimum absolute atomic E-state index is 0.303. The highest BCUT2D eigenvalue weighted by Crippen LogP contribution is 2.22. The summed E-state index contributed by atoms with van der Waals surface area (Å²) in [6.45, 7) is 5.19. The second kappa shape index (κ2) is 7.33. The van der Waals surface area contributed by atoms with Gasteiger partial charge in [-0.1, -0.05) is 12.1 Å². The van der Waals surface area contributed by atoms with Gasteiger partial charge in [0.1, 0.15) is 11.4 Å². The Labute approximate surface area is 159 Å². The first-order valence-corrected chi connectivity index (χ1v) is 10.00. The zero-order chi connectivity index (χ0) is 19.6.